The minimum absolute atomic E-state index is 0.0371. The van der Waals surface area contributed by atoms with Gasteiger partial charge in [-0.25, -0.2) is 0 Å². The Labute approximate surface area is 151 Å². The summed E-state index contributed by atoms with van der Waals surface area (Å²) < 4.78 is 15.8. The van der Waals surface area contributed by atoms with Crippen molar-refractivity contribution in [2.45, 2.75) is 6.92 Å². The van der Waals surface area contributed by atoms with E-state index >= 15 is 0 Å². The summed E-state index contributed by atoms with van der Waals surface area (Å²) in [7, 11) is 3.10. The number of benzene rings is 2. The Morgan fingerprint density at radius 1 is 1.12 bits per heavy atom. The fraction of sp³-hybridized carbons (Fsp3) is 0.211. The summed E-state index contributed by atoms with van der Waals surface area (Å²) in [5, 5.41) is 0.0371. The van der Waals surface area contributed by atoms with E-state index in [1.54, 1.807) is 50.6 Å². The van der Waals surface area contributed by atoms with Gasteiger partial charge in [0.05, 0.1) is 31.5 Å². The van der Waals surface area contributed by atoms with Crippen LogP contribution in [0.25, 0.3) is 6.08 Å². The van der Waals surface area contributed by atoms with Crippen LogP contribution in [0.1, 0.15) is 22.8 Å². The van der Waals surface area contributed by atoms with Gasteiger partial charge in [-0.1, -0.05) is 11.6 Å². The number of Topliss-reactive ketones (excluding diaryl/α,β-unsaturated/α-hetero) is 1. The number of carbonyl (C=O) groups excluding carboxylic acids is 1. The maximum atomic E-state index is 12.6. The van der Waals surface area contributed by atoms with Gasteiger partial charge in [0.2, 0.25) is 5.78 Å². The van der Waals surface area contributed by atoms with Crippen LogP contribution < -0.4 is 19.9 Å². The van der Waals surface area contributed by atoms with Gasteiger partial charge in [-0.15, -0.1) is 0 Å². The molecule has 0 fully saturated rings. The molecule has 0 aromatic heterocycles. The molecule has 0 heterocycles. The molecule has 0 amide bonds. The van der Waals surface area contributed by atoms with E-state index in [1.165, 1.54) is 6.08 Å². The van der Waals surface area contributed by atoms with Gasteiger partial charge < -0.3 is 19.9 Å². The summed E-state index contributed by atoms with van der Waals surface area (Å²) in [5.41, 5.74) is 7.31. The maximum Gasteiger partial charge on any atom is 0.204 e. The van der Waals surface area contributed by atoms with Crippen LogP contribution in [-0.4, -0.2) is 26.6 Å². The normalized spacial score (nSPS) is 11.1. The molecule has 0 atom stereocenters. The monoisotopic (exact) mass is 361 g/mol. The number of ether oxygens (including phenoxy) is 3. The standard InChI is InChI=1S/C19H20ClNO4/c1-4-25-18-7-5-12(11-16(18)21)19(22)15(20)10-13-9-14(23-2)6-8-17(13)24-3/h5-11H,4,21H2,1-3H3/b15-10+. The minimum atomic E-state index is -0.346. The van der Waals surface area contributed by atoms with E-state index in [-0.39, 0.29) is 10.8 Å². The van der Waals surface area contributed by atoms with Crippen LogP contribution in [0.2, 0.25) is 0 Å². The first-order chi connectivity index (χ1) is 12.0. The molecule has 0 spiro atoms. The van der Waals surface area contributed by atoms with Gasteiger partial charge in [-0.05, 0) is 49.4 Å². The van der Waals surface area contributed by atoms with E-state index in [1.807, 2.05) is 6.92 Å². The first kappa shape index (κ1) is 18.7. The highest BCUT2D eigenvalue weighted by Gasteiger charge is 2.14. The van der Waals surface area contributed by atoms with Crippen molar-refractivity contribution in [3.8, 4) is 17.2 Å². The number of carbonyl (C=O) groups is 1. The number of ketones is 1. The molecule has 6 heteroatoms. The summed E-state index contributed by atoms with van der Waals surface area (Å²) in [4.78, 5) is 12.6. The lowest BCUT2D eigenvalue weighted by atomic mass is 10.1. The second-order valence-electron chi connectivity index (χ2n) is 5.11. The molecular formula is C19H20ClNO4. The van der Waals surface area contributed by atoms with Crippen LogP contribution in [0.5, 0.6) is 17.2 Å². The van der Waals surface area contributed by atoms with Crippen molar-refractivity contribution < 1.29 is 19.0 Å². The minimum Gasteiger partial charge on any atom is -0.497 e. The van der Waals surface area contributed by atoms with Gasteiger partial charge in [-0.2, -0.15) is 0 Å². The van der Waals surface area contributed by atoms with Crippen LogP contribution >= 0.6 is 11.6 Å². The van der Waals surface area contributed by atoms with Crippen molar-refractivity contribution in [2.24, 2.45) is 0 Å². The summed E-state index contributed by atoms with van der Waals surface area (Å²) in [6, 6.07) is 10.1. The Morgan fingerprint density at radius 3 is 2.44 bits per heavy atom. The van der Waals surface area contributed by atoms with Crippen molar-refractivity contribution in [3.63, 3.8) is 0 Å². The lowest BCUT2D eigenvalue weighted by Gasteiger charge is -2.09. The quantitative estimate of drug-likeness (QED) is 0.455. The number of nitrogen functional groups attached to an aromatic ring is 1. The molecule has 0 bridgehead atoms. The van der Waals surface area contributed by atoms with Crippen molar-refractivity contribution >= 4 is 29.1 Å². The largest absolute Gasteiger partial charge is 0.497 e. The van der Waals surface area contributed by atoms with E-state index in [0.29, 0.717) is 40.7 Å². The molecule has 2 N–H and O–H groups in total. The molecular weight excluding hydrogens is 342 g/mol. The maximum absolute atomic E-state index is 12.6. The van der Waals surface area contributed by atoms with Crippen LogP contribution in [0.15, 0.2) is 41.4 Å². The molecule has 0 aliphatic heterocycles. The molecule has 0 radical (unpaired) electrons. The molecule has 2 rings (SSSR count). The van der Waals surface area contributed by atoms with Crippen molar-refractivity contribution in [3.05, 3.63) is 52.6 Å². The number of hydrogen-bond acceptors (Lipinski definition) is 5. The van der Waals surface area contributed by atoms with Crippen molar-refractivity contribution in [1.29, 1.82) is 0 Å². The second-order valence-corrected chi connectivity index (χ2v) is 5.52. The summed E-state index contributed by atoms with van der Waals surface area (Å²) in [6.45, 7) is 2.35. The van der Waals surface area contributed by atoms with Crippen LogP contribution in [0.4, 0.5) is 5.69 Å². The molecule has 132 valence electrons. The smallest absolute Gasteiger partial charge is 0.204 e. The Balaban J connectivity index is 2.33. The lowest BCUT2D eigenvalue weighted by molar-refractivity contribution is 0.104. The second kappa shape index (κ2) is 8.44. The highest BCUT2D eigenvalue weighted by Crippen LogP contribution is 2.29. The topological polar surface area (TPSA) is 70.8 Å². The summed E-state index contributed by atoms with van der Waals surface area (Å²) >= 11 is 6.22. The fourth-order valence-electron chi connectivity index (χ4n) is 2.27. The zero-order valence-electron chi connectivity index (χ0n) is 14.3. The van der Waals surface area contributed by atoms with E-state index in [4.69, 9.17) is 31.5 Å². The summed E-state index contributed by atoms with van der Waals surface area (Å²) in [5.74, 6) is 1.40. The zero-order chi connectivity index (χ0) is 18.4. The Bertz CT molecular complexity index is 802. The van der Waals surface area contributed by atoms with Crippen molar-refractivity contribution in [1.82, 2.24) is 0 Å². The number of rotatable bonds is 7. The Hall–Kier alpha value is -2.66. The number of hydrogen-bond donors (Lipinski definition) is 1. The highest BCUT2D eigenvalue weighted by atomic mass is 35.5. The molecule has 0 unspecified atom stereocenters. The van der Waals surface area contributed by atoms with Crippen LogP contribution in [0, 0.1) is 0 Å². The van der Waals surface area contributed by atoms with E-state index in [0.717, 1.165) is 0 Å². The third-order valence-electron chi connectivity index (χ3n) is 3.51. The van der Waals surface area contributed by atoms with Gasteiger partial charge in [0.25, 0.3) is 0 Å². The number of halogens is 1. The third kappa shape index (κ3) is 4.45. The van der Waals surface area contributed by atoms with Gasteiger partial charge in [0, 0.05) is 11.1 Å². The first-order valence-corrected chi connectivity index (χ1v) is 8.04. The number of anilines is 1. The Kier molecular flexibility index (Phi) is 6.31. The molecule has 25 heavy (non-hydrogen) atoms. The number of nitrogens with two attached hydrogens (primary N) is 1. The molecule has 0 aliphatic carbocycles. The average Bonchev–Trinajstić information content (AvgIpc) is 2.62. The van der Waals surface area contributed by atoms with E-state index < -0.39 is 0 Å². The lowest BCUT2D eigenvalue weighted by Crippen LogP contribution is -2.03. The van der Waals surface area contributed by atoms with E-state index in [9.17, 15) is 4.79 Å². The average molecular weight is 362 g/mol. The van der Waals surface area contributed by atoms with Crippen LogP contribution in [-0.2, 0) is 0 Å². The molecule has 0 aliphatic rings. The van der Waals surface area contributed by atoms with E-state index in [2.05, 4.69) is 0 Å². The van der Waals surface area contributed by atoms with Gasteiger partial charge in [-0.3, -0.25) is 4.79 Å². The molecule has 2 aromatic rings. The number of allylic oxidation sites excluding steroid dienone is 1. The summed E-state index contributed by atoms with van der Waals surface area (Å²) in [6.07, 6.45) is 1.54. The van der Waals surface area contributed by atoms with Gasteiger partial charge >= 0.3 is 0 Å². The highest BCUT2D eigenvalue weighted by molar-refractivity contribution is 6.47. The first-order valence-electron chi connectivity index (χ1n) is 7.66. The predicted molar refractivity (Wildman–Crippen MR) is 99.7 cm³/mol. The zero-order valence-corrected chi connectivity index (χ0v) is 15.1. The third-order valence-corrected chi connectivity index (χ3v) is 3.79. The SMILES string of the molecule is CCOc1ccc(C(=O)/C(Cl)=C\c2cc(OC)ccc2OC)cc1N. The van der Waals surface area contributed by atoms with Crippen LogP contribution in [0.3, 0.4) is 0 Å². The molecule has 5 nitrogen and oxygen atoms in total. The Morgan fingerprint density at radius 2 is 1.84 bits per heavy atom. The van der Waals surface area contributed by atoms with Crippen molar-refractivity contribution in [2.75, 3.05) is 26.6 Å². The molecule has 2 aromatic carbocycles. The number of methoxy groups -OCH3 is 2. The predicted octanol–water partition coefficient (Wildman–Crippen LogP) is 4.15. The van der Waals surface area contributed by atoms with Gasteiger partial charge in [0.1, 0.15) is 17.2 Å². The molecule has 0 saturated carbocycles. The fourth-order valence-corrected chi connectivity index (χ4v) is 2.50. The molecule has 0 saturated heterocycles. The van der Waals surface area contributed by atoms with Gasteiger partial charge in [0.15, 0.2) is 0 Å².